The molecule has 1 aromatic rings. The molecule has 1 aromatic heterocycles. The van der Waals surface area contributed by atoms with Crippen LogP contribution in [0, 0.1) is 5.82 Å². The lowest BCUT2D eigenvalue weighted by Gasteiger charge is -2.03. The average Bonchev–Trinajstić information content (AvgIpc) is 2.02. The Balaban J connectivity index is 0.00000169. The molecule has 0 fully saturated rings. The molecule has 0 bridgehead atoms. The molecule has 0 aliphatic rings. The summed E-state index contributed by atoms with van der Waals surface area (Å²) in [5.41, 5.74) is 5.09. The summed E-state index contributed by atoms with van der Waals surface area (Å²) in [7, 11) is 0. The third-order valence-corrected chi connectivity index (χ3v) is 1.08. The second-order valence-electron chi connectivity index (χ2n) is 1.85. The van der Waals surface area contributed by atoms with Gasteiger partial charge in [-0.25, -0.2) is 4.39 Å². The fraction of sp³-hybridized carbons (Fsp3) is 0.286. The largest absolute Gasteiger partial charge is 0.323 e. The highest BCUT2D eigenvalue weighted by molar-refractivity contribution is 5.85. The van der Waals surface area contributed by atoms with Gasteiger partial charge in [-0.05, 0) is 19.0 Å². The number of hydrogen-bond donors (Lipinski definition) is 1. The number of nitrogens with zero attached hydrogens (tertiary/aromatic N) is 1. The molecule has 62 valence electrons. The maximum atomic E-state index is 13.0. The maximum Gasteiger partial charge on any atom is 0.146 e. The molecule has 0 saturated heterocycles. The van der Waals surface area contributed by atoms with Crippen molar-refractivity contribution in [3.05, 3.63) is 29.8 Å². The van der Waals surface area contributed by atoms with Gasteiger partial charge in [0, 0.05) is 16.4 Å². The molecule has 1 heterocycles. The summed E-state index contributed by atoms with van der Waals surface area (Å²) in [5.74, 6) is -0.689. The van der Waals surface area contributed by atoms with Crippen molar-refractivity contribution < 1.29 is 8.50 Å². The monoisotopic (exact) mass is 179 g/mol. The highest BCUT2D eigenvalue weighted by Crippen LogP contribution is 2.09. The van der Waals surface area contributed by atoms with Crippen LogP contribution in [0.4, 0.5) is 4.39 Å². The Bertz CT molecular complexity index is 305. The summed E-state index contributed by atoms with van der Waals surface area (Å²) < 4.78 is 33.9. The summed E-state index contributed by atoms with van der Waals surface area (Å²) >= 11 is 0. The van der Waals surface area contributed by atoms with E-state index in [4.69, 9.17) is 9.85 Å². The Kier molecular flexibility index (Phi) is 2.29. The second-order valence-corrected chi connectivity index (χ2v) is 1.85. The fourth-order valence-electron chi connectivity index (χ4n) is 0.627. The van der Waals surface area contributed by atoms with Gasteiger partial charge in [-0.3, -0.25) is 4.98 Å². The van der Waals surface area contributed by atoms with Crippen molar-refractivity contribution in [1.82, 2.24) is 4.98 Å². The van der Waals surface area contributed by atoms with Crippen LogP contribution in [0.15, 0.2) is 18.3 Å². The third-order valence-electron chi connectivity index (χ3n) is 1.08. The molecule has 0 unspecified atom stereocenters. The highest BCUT2D eigenvalue weighted by Gasteiger charge is 2.05. The first-order valence-corrected chi connectivity index (χ1v) is 2.79. The zero-order valence-electron chi connectivity index (χ0n) is 8.62. The summed E-state index contributed by atoms with van der Waals surface area (Å²) in [6.45, 7) is -2.42. The van der Waals surface area contributed by atoms with Crippen LogP contribution in [-0.4, -0.2) is 4.98 Å². The van der Waals surface area contributed by atoms with Crippen molar-refractivity contribution in [3.8, 4) is 0 Å². The van der Waals surface area contributed by atoms with Gasteiger partial charge in [-0.2, -0.15) is 0 Å². The van der Waals surface area contributed by atoms with Gasteiger partial charge >= 0.3 is 0 Å². The molecule has 2 nitrogen and oxygen atoms in total. The van der Waals surface area contributed by atoms with E-state index < -0.39 is 18.7 Å². The number of nitrogens with two attached hydrogens (primary N) is 1. The van der Waals surface area contributed by atoms with Crippen LogP contribution in [0.25, 0.3) is 0 Å². The van der Waals surface area contributed by atoms with Crippen LogP contribution in [0.5, 0.6) is 0 Å². The zero-order chi connectivity index (χ0) is 10.1. The number of rotatable bonds is 1. The number of aromatic nitrogens is 1. The van der Waals surface area contributed by atoms with E-state index in [9.17, 15) is 4.39 Å². The third kappa shape index (κ3) is 2.44. The molecule has 1 rings (SSSR count). The van der Waals surface area contributed by atoms with Crippen LogP contribution in [0.2, 0.25) is 0 Å². The second kappa shape index (κ2) is 4.26. The minimum absolute atomic E-state index is 0. The molecule has 0 aliphatic carbocycles. The molecule has 0 amide bonds. The minimum atomic E-state index is -2.42. The van der Waals surface area contributed by atoms with E-state index in [1.807, 2.05) is 0 Å². The molecular formula is C7H10ClFN2. The highest BCUT2D eigenvalue weighted by atomic mass is 35.5. The fourth-order valence-corrected chi connectivity index (χ4v) is 0.627. The predicted octanol–water partition coefficient (Wildman–Crippen LogP) is 1.66. The lowest BCUT2D eigenvalue weighted by molar-refractivity contribution is 0.579. The van der Waals surface area contributed by atoms with Gasteiger partial charge in [-0.15, -0.1) is 12.4 Å². The zero-order valence-corrected chi connectivity index (χ0v) is 6.44. The van der Waals surface area contributed by atoms with Crippen LogP contribution in [0.1, 0.15) is 22.7 Å². The van der Waals surface area contributed by atoms with Crippen molar-refractivity contribution >= 4 is 12.4 Å². The topological polar surface area (TPSA) is 38.9 Å². The molecule has 11 heavy (non-hydrogen) atoms. The van der Waals surface area contributed by atoms with Gasteiger partial charge in [0.05, 0.1) is 5.69 Å². The first-order chi connectivity index (χ1) is 5.93. The predicted molar refractivity (Wildman–Crippen MR) is 44.0 cm³/mol. The Labute approximate surface area is 75.3 Å². The Morgan fingerprint density at radius 3 is 3.09 bits per heavy atom. The van der Waals surface area contributed by atoms with Crippen LogP contribution >= 0.6 is 12.4 Å². The number of pyridine rings is 1. The van der Waals surface area contributed by atoms with Gasteiger partial charge in [0.1, 0.15) is 5.82 Å². The van der Waals surface area contributed by atoms with Crippen molar-refractivity contribution in [1.29, 1.82) is 0 Å². The summed E-state index contributed by atoms with van der Waals surface area (Å²) in [6.07, 6.45) is 1.31. The molecule has 1 atom stereocenters. The number of hydrogen-bond acceptors (Lipinski definition) is 2. The Morgan fingerprint density at radius 2 is 2.55 bits per heavy atom. The number of halogens is 2. The van der Waals surface area contributed by atoms with E-state index in [0.717, 1.165) is 6.07 Å². The molecule has 2 N–H and O–H groups in total. The SMILES string of the molecule is Cl.[2H]C([2H])([2H])[C@H](N)c1ncccc1F. The lowest BCUT2D eigenvalue weighted by atomic mass is 10.2. The van der Waals surface area contributed by atoms with Crippen molar-refractivity contribution in [2.75, 3.05) is 0 Å². The van der Waals surface area contributed by atoms with E-state index in [1.54, 1.807) is 0 Å². The molecule has 0 spiro atoms. The first kappa shape index (κ1) is 5.91. The lowest BCUT2D eigenvalue weighted by Crippen LogP contribution is -2.09. The van der Waals surface area contributed by atoms with Crippen LogP contribution in [-0.2, 0) is 0 Å². The van der Waals surface area contributed by atoms with Gasteiger partial charge in [-0.1, -0.05) is 0 Å². The molecule has 4 heteroatoms. The molecule has 0 saturated carbocycles. The summed E-state index contributed by atoms with van der Waals surface area (Å²) in [4.78, 5) is 3.58. The van der Waals surface area contributed by atoms with Crippen molar-refractivity contribution in [3.63, 3.8) is 0 Å². The van der Waals surface area contributed by atoms with Gasteiger partial charge in [0.2, 0.25) is 0 Å². The maximum absolute atomic E-state index is 13.0. The molecule has 0 aromatic carbocycles. The molecule has 0 aliphatic heterocycles. The molecule has 0 radical (unpaired) electrons. The van der Waals surface area contributed by atoms with E-state index in [-0.39, 0.29) is 18.1 Å². The summed E-state index contributed by atoms with van der Waals surface area (Å²) in [5, 5.41) is 0. The first-order valence-electron chi connectivity index (χ1n) is 4.29. The van der Waals surface area contributed by atoms with Crippen molar-refractivity contribution in [2.24, 2.45) is 5.73 Å². The van der Waals surface area contributed by atoms with Gasteiger partial charge < -0.3 is 5.73 Å². The van der Waals surface area contributed by atoms with E-state index in [0.29, 0.717) is 0 Å². The molecular weight excluding hydrogens is 167 g/mol. The van der Waals surface area contributed by atoms with E-state index in [2.05, 4.69) is 4.98 Å². The van der Waals surface area contributed by atoms with E-state index >= 15 is 0 Å². The quantitative estimate of drug-likeness (QED) is 0.712. The smallest absolute Gasteiger partial charge is 0.146 e. The van der Waals surface area contributed by atoms with E-state index in [1.165, 1.54) is 12.3 Å². The Hall–Kier alpha value is -0.670. The van der Waals surface area contributed by atoms with Gasteiger partial charge in [0.15, 0.2) is 0 Å². The normalized spacial score (nSPS) is 17.1. The van der Waals surface area contributed by atoms with Crippen molar-refractivity contribution in [2.45, 2.75) is 12.9 Å². The van der Waals surface area contributed by atoms with Gasteiger partial charge in [0.25, 0.3) is 0 Å². The Morgan fingerprint density at radius 1 is 1.82 bits per heavy atom. The summed E-state index contributed by atoms with van der Waals surface area (Å²) in [6, 6.07) is 1.15. The standard InChI is InChI=1S/C7H9FN2.ClH/c1-5(9)7-6(8)3-2-4-10-7;/h2-5H,9H2,1H3;1H/t5-;/m0./s1/i1D3;. The van der Waals surface area contributed by atoms with Crippen LogP contribution in [0.3, 0.4) is 0 Å². The average molecular weight is 180 g/mol. The minimum Gasteiger partial charge on any atom is -0.323 e. The van der Waals surface area contributed by atoms with Crippen LogP contribution < -0.4 is 5.73 Å².